The third-order valence-corrected chi connectivity index (χ3v) is 3.91. The van der Waals surface area contributed by atoms with E-state index in [4.69, 9.17) is 8.83 Å². The van der Waals surface area contributed by atoms with Crippen LogP contribution in [-0.4, -0.2) is 5.11 Å². The van der Waals surface area contributed by atoms with Crippen LogP contribution in [0.2, 0.25) is 0 Å². The Balaban J connectivity index is 2.29. The van der Waals surface area contributed by atoms with Gasteiger partial charge in [0.25, 0.3) is 0 Å². The maximum Gasteiger partial charge on any atom is 0.235 e. The predicted molar refractivity (Wildman–Crippen MR) is 84.1 cm³/mol. The van der Waals surface area contributed by atoms with Crippen LogP contribution in [0.15, 0.2) is 50.0 Å². The molecular formula is C15H7IO4. The molecule has 0 radical (unpaired) electrons. The van der Waals surface area contributed by atoms with E-state index in [0.29, 0.717) is 22.1 Å². The molecule has 0 aliphatic carbocycles. The molecule has 20 heavy (non-hydrogen) atoms. The van der Waals surface area contributed by atoms with Crippen LogP contribution in [0.25, 0.3) is 33.1 Å². The normalized spacial score (nSPS) is 11.7. The van der Waals surface area contributed by atoms with Gasteiger partial charge in [-0.1, -0.05) is 0 Å². The van der Waals surface area contributed by atoms with Gasteiger partial charge in [0.2, 0.25) is 11.0 Å². The van der Waals surface area contributed by atoms with E-state index >= 15 is 0 Å². The molecule has 4 rings (SSSR count). The standard InChI is InChI=1S/C15H7IO4/c16-7-1-3-10-11(5-7)20-15-13(18)9-4-2-8(17)6-12(9)19-14(10)15/h1-6,17H. The summed E-state index contributed by atoms with van der Waals surface area (Å²) in [7, 11) is 0. The Bertz CT molecular complexity index is 1040. The van der Waals surface area contributed by atoms with Gasteiger partial charge in [-0.25, -0.2) is 0 Å². The molecule has 2 aromatic heterocycles. The zero-order valence-corrected chi connectivity index (χ0v) is 12.2. The summed E-state index contributed by atoms with van der Waals surface area (Å²) >= 11 is 2.18. The quantitative estimate of drug-likeness (QED) is 0.470. The highest BCUT2D eigenvalue weighted by Gasteiger charge is 2.16. The number of phenolic OH excluding ortho intramolecular Hbond substituents is 1. The molecule has 0 aliphatic rings. The van der Waals surface area contributed by atoms with E-state index in [1.165, 1.54) is 18.2 Å². The van der Waals surface area contributed by atoms with Crippen LogP contribution in [0.3, 0.4) is 0 Å². The van der Waals surface area contributed by atoms with Crippen molar-refractivity contribution in [3.05, 3.63) is 50.2 Å². The summed E-state index contributed by atoms with van der Waals surface area (Å²) in [6, 6.07) is 10.1. The lowest BCUT2D eigenvalue weighted by molar-refractivity contribution is 0.474. The molecule has 1 N–H and O–H groups in total. The summed E-state index contributed by atoms with van der Waals surface area (Å²) in [6.07, 6.45) is 0. The summed E-state index contributed by atoms with van der Waals surface area (Å²) in [4.78, 5) is 12.4. The lowest BCUT2D eigenvalue weighted by Gasteiger charge is -1.97. The first-order valence-corrected chi connectivity index (χ1v) is 6.99. The van der Waals surface area contributed by atoms with Crippen molar-refractivity contribution in [3.63, 3.8) is 0 Å². The Morgan fingerprint density at radius 2 is 1.60 bits per heavy atom. The number of benzene rings is 2. The topological polar surface area (TPSA) is 63.6 Å². The molecule has 0 unspecified atom stereocenters. The Labute approximate surface area is 125 Å². The summed E-state index contributed by atoms with van der Waals surface area (Å²) in [5, 5.41) is 10.7. The molecule has 0 saturated carbocycles. The Kier molecular flexibility index (Phi) is 2.35. The van der Waals surface area contributed by atoms with Gasteiger partial charge in [0.15, 0.2) is 5.58 Å². The fourth-order valence-corrected chi connectivity index (χ4v) is 2.78. The molecule has 4 nitrogen and oxygen atoms in total. The number of aromatic hydroxyl groups is 1. The van der Waals surface area contributed by atoms with Gasteiger partial charge in [0.05, 0.1) is 10.8 Å². The lowest BCUT2D eigenvalue weighted by Crippen LogP contribution is -1.99. The molecule has 0 atom stereocenters. The fraction of sp³-hybridized carbons (Fsp3) is 0. The first kappa shape index (κ1) is 11.8. The minimum atomic E-state index is -0.229. The van der Waals surface area contributed by atoms with Crippen molar-refractivity contribution >= 4 is 55.7 Å². The molecule has 0 aliphatic heterocycles. The number of fused-ring (bicyclic) bond motifs is 4. The van der Waals surface area contributed by atoms with E-state index in [1.807, 2.05) is 18.2 Å². The van der Waals surface area contributed by atoms with E-state index in [1.54, 1.807) is 0 Å². The van der Waals surface area contributed by atoms with Crippen molar-refractivity contribution in [2.45, 2.75) is 0 Å². The van der Waals surface area contributed by atoms with Crippen molar-refractivity contribution in [2.24, 2.45) is 0 Å². The molecule has 0 fully saturated rings. The predicted octanol–water partition coefficient (Wildman–Crippen LogP) is 4.00. The summed E-state index contributed by atoms with van der Waals surface area (Å²) in [5.41, 5.74) is 1.36. The SMILES string of the molecule is O=c1c2ccc(O)cc2oc2c1oc1cc(I)ccc12. The number of phenols is 1. The van der Waals surface area contributed by atoms with E-state index in [0.717, 1.165) is 8.96 Å². The second-order valence-electron chi connectivity index (χ2n) is 4.51. The van der Waals surface area contributed by atoms with E-state index in [2.05, 4.69) is 22.6 Å². The molecule has 0 saturated heterocycles. The molecule has 0 bridgehead atoms. The first-order valence-electron chi connectivity index (χ1n) is 5.91. The molecular weight excluding hydrogens is 371 g/mol. The van der Waals surface area contributed by atoms with Gasteiger partial charge in [-0.2, -0.15) is 0 Å². The van der Waals surface area contributed by atoms with Crippen LogP contribution < -0.4 is 5.43 Å². The van der Waals surface area contributed by atoms with Crippen molar-refractivity contribution in [2.75, 3.05) is 0 Å². The summed E-state index contributed by atoms with van der Waals surface area (Å²) in [6.45, 7) is 0. The van der Waals surface area contributed by atoms with E-state index in [9.17, 15) is 9.90 Å². The van der Waals surface area contributed by atoms with Crippen LogP contribution in [-0.2, 0) is 0 Å². The number of rotatable bonds is 0. The molecule has 2 aromatic carbocycles. The van der Waals surface area contributed by atoms with Crippen LogP contribution in [0.4, 0.5) is 0 Å². The van der Waals surface area contributed by atoms with Crippen molar-refractivity contribution in [1.29, 1.82) is 0 Å². The maximum absolute atomic E-state index is 12.4. The molecule has 0 spiro atoms. The fourth-order valence-electron chi connectivity index (χ4n) is 2.31. The number of furan rings is 1. The maximum atomic E-state index is 12.4. The molecule has 2 heterocycles. The van der Waals surface area contributed by atoms with E-state index in [-0.39, 0.29) is 16.8 Å². The Morgan fingerprint density at radius 1 is 0.900 bits per heavy atom. The highest BCUT2D eigenvalue weighted by Crippen LogP contribution is 2.31. The Morgan fingerprint density at radius 3 is 2.45 bits per heavy atom. The second-order valence-corrected chi connectivity index (χ2v) is 5.76. The Hall–Kier alpha value is -2.02. The van der Waals surface area contributed by atoms with Gasteiger partial charge < -0.3 is 13.9 Å². The van der Waals surface area contributed by atoms with Gasteiger partial charge in [-0.05, 0) is 52.9 Å². The monoisotopic (exact) mass is 378 g/mol. The van der Waals surface area contributed by atoms with Gasteiger partial charge >= 0.3 is 0 Å². The van der Waals surface area contributed by atoms with Crippen molar-refractivity contribution in [1.82, 2.24) is 0 Å². The largest absolute Gasteiger partial charge is 0.508 e. The third kappa shape index (κ3) is 1.56. The van der Waals surface area contributed by atoms with E-state index < -0.39 is 0 Å². The van der Waals surface area contributed by atoms with Crippen LogP contribution in [0.5, 0.6) is 5.75 Å². The zero-order chi connectivity index (χ0) is 13.9. The highest BCUT2D eigenvalue weighted by molar-refractivity contribution is 14.1. The number of halogens is 1. The molecule has 0 amide bonds. The van der Waals surface area contributed by atoms with Crippen molar-refractivity contribution in [3.8, 4) is 5.75 Å². The minimum absolute atomic E-state index is 0.0577. The van der Waals surface area contributed by atoms with Gasteiger partial charge in [0.1, 0.15) is 16.9 Å². The third-order valence-electron chi connectivity index (χ3n) is 3.23. The smallest absolute Gasteiger partial charge is 0.235 e. The highest BCUT2D eigenvalue weighted by atomic mass is 127. The number of hydrogen-bond donors (Lipinski definition) is 1. The minimum Gasteiger partial charge on any atom is -0.508 e. The first-order chi connectivity index (χ1) is 9.63. The summed E-state index contributed by atoms with van der Waals surface area (Å²) in [5.74, 6) is 0.0577. The molecule has 98 valence electrons. The second kappa shape index (κ2) is 3.99. The van der Waals surface area contributed by atoms with Crippen molar-refractivity contribution < 1.29 is 13.9 Å². The van der Waals surface area contributed by atoms with Crippen LogP contribution in [0, 0.1) is 3.57 Å². The molecule has 4 aromatic rings. The van der Waals surface area contributed by atoms with Crippen LogP contribution >= 0.6 is 22.6 Å². The zero-order valence-electron chi connectivity index (χ0n) is 10.0. The number of hydrogen-bond acceptors (Lipinski definition) is 4. The van der Waals surface area contributed by atoms with Gasteiger partial charge in [-0.3, -0.25) is 4.79 Å². The average Bonchev–Trinajstić information content (AvgIpc) is 2.76. The van der Waals surface area contributed by atoms with Crippen LogP contribution in [0.1, 0.15) is 0 Å². The van der Waals surface area contributed by atoms with Gasteiger partial charge in [0, 0.05) is 9.64 Å². The summed E-state index contributed by atoms with van der Waals surface area (Å²) < 4.78 is 12.4. The molecule has 5 heteroatoms. The van der Waals surface area contributed by atoms with Gasteiger partial charge in [-0.15, -0.1) is 0 Å². The average molecular weight is 378 g/mol. The lowest BCUT2D eigenvalue weighted by atomic mass is 10.2.